The van der Waals surface area contributed by atoms with E-state index in [1.165, 1.54) is 6.33 Å². The number of nitrogens with zero attached hydrogens (tertiary/aromatic N) is 2. The first-order valence-corrected chi connectivity index (χ1v) is 6.58. The number of hydrogen-bond acceptors (Lipinski definition) is 5. The lowest BCUT2D eigenvalue weighted by Gasteiger charge is -2.13. The summed E-state index contributed by atoms with van der Waals surface area (Å²) in [7, 11) is 0. The Morgan fingerprint density at radius 1 is 1.20 bits per heavy atom. The summed E-state index contributed by atoms with van der Waals surface area (Å²) in [4.78, 5) is 7.99. The number of rotatable bonds is 4. The summed E-state index contributed by atoms with van der Waals surface area (Å²) in [5.41, 5.74) is 3.11. The van der Waals surface area contributed by atoms with E-state index in [9.17, 15) is 8.78 Å². The van der Waals surface area contributed by atoms with Crippen molar-refractivity contribution in [1.29, 1.82) is 0 Å². The first-order chi connectivity index (χ1) is 9.56. The van der Waals surface area contributed by atoms with E-state index >= 15 is 0 Å². The quantitative estimate of drug-likeness (QED) is 0.451. The molecule has 0 radical (unpaired) electrons. The van der Waals surface area contributed by atoms with Gasteiger partial charge in [0.05, 0.1) is 10.2 Å². The number of hydrazine groups is 1. The molecule has 0 aliphatic carbocycles. The van der Waals surface area contributed by atoms with Crippen LogP contribution in [-0.4, -0.2) is 9.97 Å². The Labute approximate surface area is 122 Å². The molecule has 0 atom stereocenters. The van der Waals surface area contributed by atoms with Gasteiger partial charge in [0.25, 0.3) is 0 Å². The predicted octanol–water partition coefficient (Wildman–Crippen LogP) is 3.11. The van der Waals surface area contributed by atoms with Crippen molar-refractivity contribution in [3.63, 3.8) is 0 Å². The number of benzene rings is 1. The SMILES string of the molecule is CCc1c(NN)ncnc1Nc1cc(F)c(Br)cc1F. The smallest absolute Gasteiger partial charge is 0.148 e. The van der Waals surface area contributed by atoms with Gasteiger partial charge in [0.2, 0.25) is 0 Å². The third-order valence-corrected chi connectivity index (χ3v) is 3.31. The monoisotopic (exact) mass is 343 g/mol. The van der Waals surface area contributed by atoms with Gasteiger partial charge in [-0.3, -0.25) is 0 Å². The minimum atomic E-state index is -0.596. The molecule has 0 bridgehead atoms. The fourth-order valence-electron chi connectivity index (χ4n) is 1.73. The van der Waals surface area contributed by atoms with Crippen LogP contribution in [0.5, 0.6) is 0 Å². The summed E-state index contributed by atoms with van der Waals surface area (Å²) < 4.78 is 27.3. The second-order valence-electron chi connectivity index (χ2n) is 3.92. The lowest BCUT2D eigenvalue weighted by Crippen LogP contribution is -2.13. The van der Waals surface area contributed by atoms with Gasteiger partial charge in [-0.2, -0.15) is 0 Å². The van der Waals surface area contributed by atoms with Gasteiger partial charge in [0, 0.05) is 11.6 Å². The molecule has 0 aliphatic heterocycles. The highest BCUT2D eigenvalue weighted by Gasteiger charge is 2.13. The molecule has 1 aromatic carbocycles. The molecular formula is C12H12BrF2N5. The predicted molar refractivity (Wildman–Crippen MR) is 76.6 cm³/mol. The highest BCUT2D eigenvalue weighted by molar-refractivity contribution is 9.10. The van der Waals surface area contributed by atoms with Crippen LogP contribution >= 0.6 is 15.9 Å². The highest BCUT2D eigenvalue weighted by Crippen LogP contribution is 2.28. The van der Waals surface area contributed by atoms with E-state index in [1.54, 1.807) is 0 Å². The van der Waals surface area contributed by atoms with Crippen molar-refractivity contribution >= 4 is 33.3 Å². The molecule has 0 fully saturated rings. The molecule has 0 spiro atoms. The molecule has 0 unspecified atom stereocenters. The fraction of sp³-hybridized carbons (Fsp3) is 0.167. The van der Waals surface area contributed by atoms with Crippen LogP contribution in [0.3, 0.4) is 0 Å². The van der Waals surface area contributed by atoms with E-state index in [4.69, 9.17) is 5.84 Å². The molecule has 2 rings (SSSR count). The van der Waals surface area contributed by atoms with E-state index in [0.717, 1.165) is 12.1 Å². The molecule has 0 saturated heterocycles. The average molecular weight is 344 g/mol. The zero-order valence-electron chi connectivity index (χ0n) is 10.5. The van der Waals surface area contributed by atoms with Crippen LogP contribution in [0.1, 0.15) is 12.5 Å². The maximum atomic E-state index is 13.8. The molecule has 106 valence electrons. The lowest BCUT2D eigenvalue weighted by molar-refractivity contribution is 0.597. The molecule has 20 heavy (non-hydrogen) atoms. The van der Waals surface area contributed by atoms with Crippen molar-refractivity contribution in [2.24, 2.45) is 5.84 Å². The molecular weight excluding hydrogens is 332 g/mol. The number of hydrogen-bond donors (Lipinski definition) is 3. The number of anilines is 3. The van der Waals surface area contributed by atoms with Crippen molar-refractivity contribution < 1.29 is 8.78 Å². The van der Waals surface area contributed by atoms with Gasteiger partial charge in [-0.1, -0.05) is 6.92 Å². The van der Waals surface area contributed by atoms with E-state index < -0.39 is 11.6 Å². The maximum absolute atomic E-state index is 13.8. The average Bonchev–Trinajstić information content (AvgIpc) is 2.44. The number of nitrogen functional groups attached to an aromatic ring is 1. The Morgan fingerprint density at radius 3 is 2.55 bits per heavy atom. The second kappa shape index (κ2) is 6.10. The van der Waals surface area contributed by atoms with Crippen molar-refractivity contribution in [3.05, 3.63) is 40.1 Å². The summed E-state index contributed by atoms with van der Waals surface area (Å²) in [5, 5.41) is 2.75. The number of nitrogens with two attached hydrogens (primary N) is 1. The molecule has 0 aliphatic rings. The van der Waals surface area contributed by atoms with Crippen LogP contribution in [-0.2, 0) is 6.42 Å². The van der Waals surface area contributed by atoms with E-state index in [0.29, 0.717) is 23.6 Å². The third-order valence-electron chi connectivity index (χ3n) is 2.70. The van der Waals surface area contributed by atoms with E-state index in [2.05, 4.69) is 36.6 Å². The fourth-order valence-corrected chi connectivity index (χ4v) is 2.04. The second-order valence-corrected chi connectivity index (χ2v) is 4.77. The van der Waals surface area contributed by atoms with Crippen LogP contribution in [0.15, 0.2) is 22.9 Å². The lowest BCUT2D eigenvalue weighted by atomic mass is 10.2. The van der Waals surface area contributed by atoms with Gasteiger partial charge < -0.3 is 10.7 Å². The van der Waals surface area contributed by atoms with Gasteiger partial charge in [-0.15, -0.1) is 0 Å². The summed E-state index contributed by atoms with van der Waals surface area (Å²) in [6, 6.07) is 2.10. The van der Waals surface area contributed by atoms with Gasteiger partial charge in [-0.05, 0) is 28.4 Å². The molecule has 1 heterocycles. The first kappa shape index (κ1) is 14.6. The van der Waals surface area contributed by atoms with Crippen LogP contribution in [0.25, 0.3) is 0 Å². The minimum Gasteiger partial charge on any atom is -0.337 e. The van der Waals surface area contributed by atoms with Crippen LogP contribution < -0.4 is 16.6 Å². The van der Waals surface area contributed by atoms with E-state index in [-0.39, 0.29) is 10.2 Å². The maximum Gasteiger partial charge on any atom is 0.148 e. The van der Waals surface area contributed by atoms with Gasteiger partial charge >= 0.3 is 0 Å². The topological polar surface area (TPSA) is 75.9 Å². The van der Waals surface area contributed by atoms with Crippen LogP contribution in [0.2, 0.25) is 0 Å². The van der Waals surface area contributed by atoms with Crippen molar-refractivity contribution in [2.75, 3.05) is 10.7 Å². The summed E-state index contributed by atoms with van der Waals surface area (Å²) in [5.74, 6) is 4.99. The zero-order valence-corrected chi connectivity index (χ0v) is 12.1. The Balaban J connectivity index is 2.42. The van der Waals surface area contributed by atoms with Crippen LogP contribution in [0.4, 0.5) is 26.1 Å². The Hall–Kier alpha value is -1.80. The standard InChI is InChI=1S/C12H12BrF2N5/c1-2-6-11(17-5-18-12(6)20-16)19-10-4-8(14)7(13)3-9(10)15/h3-5H,2,16H2,1H3,(H2,17,18,19,20). The molecule has 5 nitrogen and oxygen atoms in total. The molecule has 8 heteroatoms. The number of halogens is 3. The number of aromatic nitrogens is 2. The highest BCUT2D eigenvalue weighted by atomic mass is 79.9. The van der Waals surface area contributed by atoms with Gasteiger partial charge in [0.15, 0.2) is 0 Å². The van der Waals surface area contributed by atoms with Crippen molar-refractivity contribution in [3.8, 4) is 0 Å². The Bertz CT molecular complexity index is 635. The normalized spacial score (nSPS) is 10.4. The Morgan fingerprint density at radius 2 is 1.90 bits per heavy atom. The third kappa shape index (κ3) is 2.86. The van der Waals surface area contributed by atoms with Crippen molar-refractivity contribution in [2.45, 2.75) is 13.3 Å². The molecule has 1 aromatic heterocycles. The zero-order chi connectivity index (χ0) is 14.7. The van der Waals surface area contributed by atoms with Gasteiger partial charge in [0.1, 0.15) is 29.6 Å². The largest absolute Gasteiger partial charge is 0.337 e. The van der Waals surface area contributed by atoms with E-state index in [1.807, 2.05) is 6.92 Å². The van der Waals surface area contributed by atoms with Gasteiger partial charge in [-0.25, -0.2) is 24.6 Å². The summed E-state index contributed by atoms with van der Waals surface area (Å²) in [6.07, 6.45) is 1.85. The molecule has 2 aromatic rings. The molecule has 0 amide bonds. The minimum absolute atomic E-state index is 0.0120. The molecule has 4 N–H and O–H groups in total. The molecule has 0 saturated carbocycles. The van der Waals surface area contributed by atoms with Crippen LogP contribution in [0, 0.1) is 11.6 Å². The first-order valence-electron chi connectivity index (χ1n) is 5.78. The summed E-state index contributed by atoms with van der Waals surface area (Å²) in [6.45, 7) is 1.88. The Kier molecular flexibility index (Phi) is 4.46. The number of nitrogens with one attached hydrogen (secondary N) is 2. The van der Waals surface area contributed by atoms with Crippen molar-refractivity contribution in [1.82, 2.24) is 9.97 Å². The summed E-state index contributed by atoms with van der Waals surface area (Å²) >= 11 is 2.92.